The van der Waals surface area contributed by atoms with Crippen molar-refractivity contribution < 1.29 is 14.6 Å². The first kappa shape index (κ1) is 12.3. The summed E-state index contributed by atoms with van der Waals surface area (Å²) in [6, 6.07) is 5.48. The number of aromatic nitrogens is 2. The standard InChI is InChI=1S/C13H14N2O3/c1-13(2,12(16)17)11-14-7-8-5-4-6-9(18-3)10(8)15-11/h4-7H,1-3H3,(H,16,17). The zero-order chi connectivity index (χ0) is 13.3. The van der Waals surface area contributed by atoms with Gasteiger partial charge in [-0.3, -0.25) is 4.79 Å². The number of para-hydroxylation sites is 1. The molecule has 0 unspecified atom stereocenters. The van der Waals surface area contributed by atoms with E-state index in [4.69, 9.17) is 4.74 Å². The monoisotopic (exact) mass is 246 g/mol. The van der Waals surface area contributed by atoms with Gasteiger partial charge in [0.2, 0.25) is 0 Å². The van der Waals surface area contributed by atoms with Crippen LogP contribution in [0, 0.1) is 0 Å². The van der Waals surface area contributed by atoms with Gasteiger partial charge in [0.15, 0.2) is 0 Å². The quantitative estimate of drug-likeness (QED) is 0.896. The molecule has 94 valence electrons. The van der Waals surface area contributed by atoms with Crippen molar-refractivity contribution in [1.82, 2.24) is 9.97 Å². The lowest BCUT2D eigenvalue weighted by Crippen LogP contribution is -2.30. The minimum Gasteiger partial charge on any atom is -0.494 e. The van der Waals surface area contributed by atoms with E-state index in [0.717, 1.165) is 5.39 Å². The maximum absolute atomic E-state index is 11.2. The molecule has 2 aromatic rings. The third-order valence-electron chi connectivity index (χ3n) is 2.89. The van der Waals surface area contributed by atoms with Crippen LogP contribution in [0.5, 0.6) is 5.75 Å². The molecule has 0 saturated carbocycles. The molecule has 0 aliphatic rings. The van der Waals surface area contributed by atoms with Gasteiger partial charge in [-0.2, -0.15) is 0 Å². The number of ether oxygens (including phenoxy) is 1. The molecular formula is C13H14N2O3. The van der Waals surface area contributed by atoms with E-state index in [1.807, 2.05) is 12.1 Å². The number of carboxylic acid groups (broad SMARTS) is 1. The molecule has 0 aliphatic carbocycles. The Morgan fingerprint density at radius 1 is 1.39 bits per heavy atom. The number of methoxy groups -OCH3 is 1. The van der Waals surface area contributed by atoms with Gasteiger partial charge in [-0.05, 0) is 19.9 Å². The molecule has 0 atom stereocenters. The maximum atomic E-state index is 11.2. The van der Waals surface area contributed by atoms with Crippen LogP contribution in [0.1, 0.15) is 19.7 Å². The minimum atomic E-state index is -1.13. The molecular weight excluding hydrogens is 232 g/mol. The van der Waals surface area contributed by atoms with Gasteiger partial charge in [-0.25, -0.2) is 9.97 Å². The second kappa shape index (κ2) is 4.25. The lowest BCUT2D eigenvalue weighted by atomic mass is 9.92. The predicted octanol–water partition coefficient (Wildman–Crippen LogP) is 2.00. The summed E-state index contributed by atoms with van der Waals surface area (Å²) in [5.41, 5.74) is -0.506. The molecule has 1 aromatic carbocycles. The molecule has 1 heterocycles. The fourth-order valence-corrected chi connectivity index (χ4v) is 1.59. The highest BCUT2D eigenvalue weighted by Gasteiger charge is 2.33. The summed E-state index contributed by atoms with van der Waals surface area (Å²) in [7, 11) is 1.55. The van der Waals surface area contributed by atoms with E-state index in [2.05, 4.69) is 9.97 Å². The first-order valence-electron chi connectivity index (χ1n) is 5.50. The highest BCUT2D eigenvalue weighted by atomic mass is 16.5. The molecule has 0 saturated heterocycles. The Morgan fingerprint density at radius 3 is 2.72 bits per heavy atom. The number of hydrogen-bond acceptors (Lipinski definition) is 4. The molecule has 0 spiro atoms. The van der Waals surface area contributed by atoms with E-state index >= 15 is 0 Å². The Bertz CT molecular complexity index is 608. The first-order valence-corrected chi connectivity index (χ1v) is 5.50. The lowest BCUT2D eigenvalue weighted by Gasteiger charge is -2.17. The largest absolute Gasteiger partial charge is 0.494 e. The third kappa shape index (κ3) is 1.88. The Hall–Kier alpha value is -2.17. The molecule has 2 rings (SSSR count). The van der Waals surface area contributed by atoms with E-state index < -0.39 is 11.4 Å². The number of benzene rings is 1. The predicted molar refractivity (Wildman–Crippen MR) is 66.8 cm³/mol. The summed E-state index contributed by atoms with van der Waals surface area (Å²) >= 11 is 0. The molecule has 1 N–H and O–H groups in total. The van der Waals surface area contributed by atoms with Crippen LogP contribution >= 0.6 is 0 Å². The summed E-state index contributed by atoms with van der Waals surface area (Å²) in [5, 5.41) is 10.0. The molecule has 0 radical (unpaired) electrons. The van der Waals surface area contributed by atoms with Gasteiger partial charge in [-0.1, -0.05) is 12.1 Å². The van der Waals surface area contributed by atoms with Crippen molar-refractivity contribution in [2.45, 2.75) is 19.3 Å². The van der Waals surface area contributed by atoms with E-state index in [-0.39, 0.29) is 5.82 Å². The molecule has 1 aromatic heterocycles. The van der Waals surface area contributed by atoms with E-state index in [1.54, 1.807) is 33.2 Å². The fraction of sp³-hybridized carbons (Fsp3) is 0.308. The SMILES string of the molecule is COc1cccc2cnc(C(C)(C)C(=O)O)nc12. The highest BCUT2D eigenvalue weighted by Crippen LogP contribution is 2.26. The van der Waals surface area contributed by atoms with Crippen LogP contribution in [-0.2, 0) is 10.2 Å². The van der Waals surface area contributed by atoms with Crippen LogP contribution in [0.4, 0.5) is 0 Å². The minimum absolute atomic E-state index is 0.270. The molecule has 18 heavy (non-hydrogen) atoms. The van der Waals surface area contributed by atoms with Crippen LogP contribution in [0.15, 0.2) is 24.4 Å². The summed E-state index contributed by atoms with van der Waals surface area (Å²) in [5.74, 6) is -0.0823. The van der Waals surface area contributed by atoms with Crippen molar-refractivity contribution in [2.75, 3.05) is 7.11 Å². The first-order chi connectivity index (χ1) is 8.46. The Balaban J connectivity index is 2.66. The van der Waals surface area contributed by atoms with Crippen molar-refractivity contribution in [3.05, 3.63) is 30.2 Å². The van der Waals surface area contributed by atoms with Gasteiger partial charge in [0.05, 0.1) is 7.11 Å². The maximum Gasteiger partial charge on any atom is 0.316 e. The summed E-state index contributed by atoms with van der Waals surface area (Å²) < 4.78 is 5.22. The van der Waals surface area contributed by atoms with Crippen molar-refractivity contribution in [3.8, 4) is 5.75 Å². The second-order valence-corrected chi connectivity index (χ2v) is 4.52. The average molecular weight is 246 g/mol. The van der Waals surface area contributed by atoms with Crippen molar-refractivity contribution >= 4 is 16.9 Å². The fourth-order valence-electron chi connectivity index (χ4n) is 1.59. The number of aliphatic carboxylic acids is 1. The Kier molecular flexibility index (Phi) is 2.90. The van der Waals surface area contributed by atoms with E-state index in [0.29, 0.717) is 11.3 Å². The number of carbonyl (C=O) groups is 1. The zero-order valence-corrected chi connectivity index (χ0v) is 10.5. The normalized spacial score (nSPS) is 11.5. The van der Waals surface area contributed by atoms with Crippen LogP contribution < -0.4 is 4.74 Å². The van der Waals surface area contributed by atoms with Gasteiger partial charge in [-0.15, -0.1) is 0 Å². The third-order valence-corrected chi connectivity index (χ3v) is 2.89. The number of fused-ring (bicyclic) bond motifs is 1. The lowest BCUT2D eigenvalue weighted by molar-refractivity contribution is -0.142. The molecule has 0 bridgehead atoms. The number of hydrogen-bond donors (Lipinski definition) is 1. The Labute approximate surface area is 104 Å². The van der Waals surface area contributed by atoms with Gasteiger partial charge < -0.3 is 9.84 Å². The van der Waals surface area contributed by atoms with Crippen LogP contribution in [0.3, 0.4) is 0 Å². The Morgan fingerprint density at radius 2 is 2.11 bits per heavy atom. The van der Waals surface area contributed by atoms with Crippen molar-refractivity contribution in [3.63, 3.8) is 0 Å². The second-order valence-electron chi connectivity index (χ2n) is 4.52. The zero-order valence-electron chi connectivity index (χ0n) is 10.5. The molecule has 0 aliphatic heterocycles. The van der Waals surface area contributed by atoms with Crippen LogP contribution in [0.2, 0.25) is 0 Å². The average Bonchev–Trinajstić information content (AvgIpc) is 2.37. The summed E-state index contributed by atoms with van der Waals surface area (Å²) in [4.78, 5) is 19.7. The summed E-state index contributed by atoms with van der Waals surface area (Å²) in [6.07, 6.45) is 1.62. The topological polar surface area (TPSA) is 72.3 Å². The number of rotatable bonds is 3. The van der Waals surface area contributed by atoms with Crippen LogP contribution in [-0.4, -0.2) is 28.2 Å². The molecule has 0 fully saturated rings. The van der Waals surface area contributed by atoms with E-state index in [1.165, 1.54) is 0 Å². The van der Waals surface area contributed by atoms with Crippen molar-refractivity contribution in [2.24, 2.45) is 0 Å². The van der Waals surface area contributed by atoms with Crippen LogP contribution in [0.25, 0.3) is 10.9 Å². The summed E-state index contributed by atoms with van der Waals surface area (Å²) in [6.45, 7) is 3.15. The molecule has 5 nitrogen and oxygen atoms in total. The molecule has 5 heteroatoms. The highest BCUT2D eigenvalue weighted by molar-refractivity contribution is 5.85. The van der Waals surface area contributed by atoms with Gasteiger partial charge in [0.25, 0.3) is 0 Å². The number of carboxylic acids is 1. The van der Waals surface area contributed by atoms with Gasteiger partial charge in [0.1, 0.15) is 22.5 Å². The van der Waals surface area contributed by atoms with Crippen molar-refractivity contribution in [1.29, 1.82) is 0 Å². The van der Waals surface area contributed by atoms with Gasteiger partial charge in [0, 0.05) is 11.6 Å². The van der Waals surface area contributed by atoms with Gasteiger partial charge >= 0.3 is 5.97 Å². The number of nitrogens with zero attached hydrogens (tertiary/aromatic N) is 2. The smallest absolute Gasteiger partial charge is 0.316 e. The van der Waals surface area contributed by atoms with E-state index in [9.17, 15) is 9.90 Å². The molecule has 0 amide bonds.